The predicted molar refractivity (Wildman–Crippen MR) is 76.7 cm³/mol. The molecule has 2 nitrogen and oxygen atoms in total. The van der Waals surface area contributed by atoms with Crippen LogP contribution in [0.25, 0.3) is 0 Å². The van der Waals surface area contributed by atoms with E-state index >= 15 is 0 Å². The van der Waals surface area contributed by atoms with Crippen molar-refractivity contribution in [3.8, 4) is 0 Å². The molecule has 0 spiro atoms. The first-order valence-corrected chi connectivity index (χ1v) is 7.53. The normalized spacial score (nSPS) is 26.2. The molecule has 1 heterocycles. The van der Waals surface area contributed by atoms with Crippen LogP contribution in [-0.2, 0) is 0 Å². The summed E-state index contributed by atoms with van der Waals surface area (Å²) < 4.78 is 37.5. The molecule has 0 aliphatic carbocycles. The molecular weight excluding hydrogens is 265 g/mol. The summed E-state index contributed by atoms with van der Waals surface area (Å²) in [7, 11) is 0. The molecule has 120 valence electrons. The molecule has 5 heteroatoms. The summed E-state index contributed by atoms with van der Waals surface area (Å²) in [6.07, 6.45) is -3.83. The number of piperazine rings is 1. The Hall–Kier alpha value is -0.290. The van der Waals surface area contributed by atoms with Crippen LogP contribution >= 0.6 is 0 Å². The standard InChI is InChI=1S/C15H29F3N2/c1-11(2)8-12-9-19-13(14(3,4)5)10-20(12)7-6-15(16,17)18/h11-13,19H,6-10H2,1-5H3. The molecule has 0 bridgehead atoms. The highest BCUT2D eigenvalue weighted by Crippen LogP contribution is 2.27. The summed E-state index contributed by atoms with van der Waals surface area (Å²) in [5.74, 6) is 0.501. The van der Waals surface area contributed by atoms with Crippen LogP contribution in [0.5, 0.6) is 0 Å². The van der Waals surface area contributed by atoms with Crippen LogP contribution in [0.2, 0.25) is 0 Å². The molecule has 0 aromatic carbocycles. The highest BCUT2D eigenvalue weighted by Gasteiger charge is 2.36. The number of rotatable bonds is 4. The van der Waals surface area contributed by atoms with Gasteiger partial charge in [-0.3, -0.25) is 4.90 Å². The Kier molecular flexibility index (Phi) is 5.90. The smallest absolute Gasteiger partial charge is 0.311 e. The van der Waals surface area contributed by atoms with Crippen molar-refractivity contribution >= 4 is 0 Å². The Balaban J connectivity index is 2.67. The largest absolute Gasteiger partial charge is 0.390 e. The zero-order chi connectivity index (χ0) is 15.6. The van der Waals surface area contributed by atoms with Crippen molar-refractivity contribution in [2.24, 2.45) is 11.3 Å². The number of hydrogen-bond acceptors (Lipinski definition) is 2. The average molecular weight is 294 g/mol. The van der Waals surface area contributed by atoms with E-state index in [0.717, 1.165) is 13.0 Å². The van der Waals surface area contributed by atoms with Crippen LogP contribution in [0.15, 0.2) is 0 Å². The fourth-order valence-electron chi connectivity index (χ4n) is 2.76. The molecule has 0 aromatic rings. The third-order valence-electron chi connectivity index (χ3n) is 4.00. The maximum atomic E-state index is 12.5. The number of nitrogens with one attached hydrogen (secondary N) is 1. The van der Waals surface area contributed by atoms with Crippen molar-refractivity contribution in [1.29, 1.82) is 0 Å². The molecule has 1 rings (SSSR count). The minimum absolute atomic E-state index is 0.0687. The third-order valence-corrected chi connectivity index (χ3v) is 4.00. The molecule has 0 amide bonds. The van der Waals surface area contributed by atoms with Crippen molar-refractivity contribution in [2.75, 3.05) is 19.6 Å². The van der Waals surface area contributed by atoms with E-state index in [1.54, 1.807) is 0 Å². The van der Waals surface area contributed by atoms with Gasteiger partial charge in [-0.25, -0.2) is 0 Å². The van der Waals surface area contributed by atoms with Crippen molar-refractivity contribution in [1.82, 2.24) is 10.2 Å². The molecule has 1 aliphatic heterocycles. The summed E-state index contributed by atoms with van der Waals surface area (Å²) in [6.45, 7) is 12.3. The van der Waals surface area contributed by atoms with Gasteiger partial charge < -0.3 is 5.32 Å². The van der Waals surface area contributed by atoms with Gasteiger partial charge in [-0.05, 0) is 17.8 Å². The second kappa shape index (κ2) is 6.65. The monoisotopic (exact) mass is 294 g/mol. The van der Waals surface area contributed by atoms with Gasteiger partial charge in [-0.15, -0.1) is 0 Å². The molecular formula is C15H29F3N2. The fourth-order valence-corrected chi connectivity index (χ4v) is 2.76. The topological polar surface area (TPSA) is 15.3 Å². The van der Waals surface area contributed by atoms with E-state index in [-0.39, 0.29) is 24.0 Å². The van der Waals surface area contributed by atoms with E-state index in [1.807, 2.05) is 4.90 Å². The zero-order valence-electron chi connectivity index (χ0n) is 13.3. The third kappa shape index (κ3) is 6.00. The maximum absolute atomic E-state index is 12.5. The van der Waals surface area contributed by atoms with E-state index in [0.29, 0.717) is 12.5 Å². The van der Waals surface area contributed by atoms with Crippen LogP contribution in [0.4, 0.5) is 13.2 Å². The van der Waals surface area contributed by atoms with Crippen LogP contribution in [0.1, 0.15) is 47.5 Å². The predicted octanol–water partition coefficient (Wildman–Crippen LogP) is 3.67. The first-order valence-electron chi connectivity index (χ1n) is 7.53. The molecule has 1 fully saturated rings. The SMILES string of the molecule is CC(C)CC1CNC(C(C)(C)C)CN1CCC(F)(F)F. The van der Waals surface area contributed by atoms with Gasteiger partial charge in [0.1, 0.15) is 0 Å². The molecule has 2 atom stereocenters. The number of hydrogen-bond donors (Lipinski definition) is 1. The van der Waals surface area contributed by atoms with Crippen LogP contribution in [-0.4, -0.2) is 42.8 Å². The first-order chi connectivity index (χ1) is 8.99. The second-order valence-electron chi connectivity index (χ2n) is 7.47. The summed E-state index contributed by atoms with van der Waals surface area (Å²) in [5.41, 5.74) is 0.0687. The summed E-state index contributed by atoms with van der Waals surface area (Å²) in [4.78, 5) is 2.04. The van der Waals surface area contributed by atoms with E-state index < -0.39 is 12.6 Å². The zero-order valence-corrected chi connectivity index (χ0v) is 13.3. The molecule has 1 saturated heterocycles. The van der Waals surface area contributed by atoms with E-state index in [9.17, 15) is 13.2 Å². The Labute approximate surface area is 121 Å². The fraction of sp³-hybridized carbons (Fsp3) is 1.00. The minimum atomic E-state index is -4.06. The lowest BCUT2D eigenvalue weighted by atomic mass is 9.84. The van der Waals surface area contributed by atoms with Crippen LogP contribution in [0.3, 0.4) is 0 Å². The minimum Gasteiger partial charge on any atom is -0.311 e. The molecule has 0 aromatic heterocycles. The number of alkyl halides is 3. The Bertz CT molecular complexity index is 294. The summed E-state index contributed by atoms with van der Waals surface area (Å²) in [6, 6.07) is 0.468. The lowest BCUT2D eigenvalue weighted by Crippen LogP contribution is -2.60. The number of halogens is 3. The van der Waals surface area contributed by atoms with Crippen molar-refractivity contribution in [3.05, 3.63) is 0 Å². The van der Waals surface area contributed by atoms with E-state index in [4.69, 9.17) is 0 Å². The Morgan fingerprint density at radius 2 is 1.80 bits per heavy atom. The van der Waals surface area contributed by atoms with Gasteiger partial charge in [0.15, 0.2) is 0 Å². The van der Waals surface area contributed by atoms with Crippen molar-refractivity contribution in [2.45, 2.75) is 65.7 Å². The molecule has 0 saturated carbocycles. The van der Waals surface area contributed by atoms with E-state index in [1.165, 1.54) is 0 Å². The Morgan fingerprint density at radius 1 is 1.20 bits per heavy atom. The molecule has 1 aliphatic rings. The van der Waals surface area contributed by atoms with Gasteiger partial charge in [0.2, 0.25) is 0 Å². The summed E-state index contributed by atoms with van der Waals surface area (Å²) in [5, 5.41) is 3.52. The van der Waals surface area contributed by atoms with E-state index in [2.05, 4.69) is 39.9 Å². The molecule has 0 radical (unpaired) electrons. The first kappa shape index (κ1) is 17.8. The lowest BCUT2D eigenvalue weighted by molar-refractivity contribution is -0.140. The Morgan fingerprint density at radius 3 is 2.25 bits per heavy atom. The molecule has 1 N–H and O–H groups in total. The van der Waals surface area contributed by atoms with Gasteiger partial charge in [-0.1, -0.05) is 34.6 Å². The van der Waals surface area contributed by atoms with Crippen LogP contribution in [0, 0.1) is 11.3 Å². The average Bonchev–Trinajstić information content (AvgIpc) is 2.24. The molecule has 20 heavy (non-hydrogen) atoms. The van der Waals surface area contributed by atoms with Crippen molar-refractivity contribution < 1.29 is 13.2 Å². The van der Waals surface area contributed by atoms with Gasteiger partial charge in [0.25, 0.3) is 0 Å². The molecule has 2 unspecified atom stereocenters. The van der Waals surface area contributed by atoms with Crippen LogP contribution < -0.4 is 5.32 Å². The summed E-state index contributed by atoms with van der Waals surface area (Å²) >= 11 is 0. The van der Waals surface area contributed by atoms with Crippen molar-refractivity contribution in [3.63, 3.8) is 0 Å². The number of nitrogens with zero attached hydrogens (tertiary/aromatic N) is 1. The van der Waals surface area contributed by atoms with Gasteiger partial charge in [-0.2, -0.15) is 13.2 Å². The highest BCUT2D eigenvalue weighted by atomic mass is 19.4. The lowest BCUT2D eigenvalue weighted by Gasteiger charge is -2.45. The highest BCUT2D eigenvalue weighted by molar-refractivity contribution is 4.92. The quantitative estimate of drug-likeness (QED) is 0.851. The van der Waals surface area contributed by atoms with Gasteiger partial charge in [0.05, 0.1) is 6.42 Å². The van der Waals surface area contributed by atoms with Gasteiger partial charge >= 0.3 is 6.18 Å². The second-order valence-corrected chi connectivity index (χ2v) is 7.47. The maximum Gasteiger partial charge on any atom is 0.390 e. The van der Waals surface area contributed by atoms with Gasteiger partial charge in [0, 0.05) is 31.7 Å².